The molecule has 0 bridgehead atoms. The summed E-state index contributed by atoms with van der Waals surface area (Å²) in [5, 5.41) is 3.83. The van der Waals surface area contributed by atoms with Crippen LogP contribution in [0.3, 0.4) is 0 Å². The van der Waals surface area contributed by atoms with Crippen molar-refractivity contribution in [3.63, 3.8) is 0 Å². The van der Waals surface area contributed by atoms with Crippen LogP contribution in [0.1, 0.15) is 19.8 Å². The Morgan fingerprint density at radius 3 is 2.79 bits per heavy atom. The average Bonchev–Trinajstić information content (AvgIpc) is 2.16. The van der Waals surface area contributed by atoms with Crippen LogP contribution < -0.4 is 0 Å². The lowest BCUT2D eigenvalue weighted by Crippen LogP contribution is -2.47. The first-order chi connectivity index (χ1) is 6.56. The van der Waals surface area contributed by atoms with E-state index >= 15 is 0 Å². The fourth-order valence-electron chi connectivity index (χ4n) is 1.63. The van der Waals surface area contributed by atoms with E-state index in [2.05, 4.69) is 6.92 Å². The molecule has 1 aliphatic rings. The quantitative estimate of drug-likeness (QED) is 0.620. The van der Waals surface area contributed by atoms with Crippen LogP contribution in [0.4, 0.5) is 0 Å². The van der Waals surface area contributed by atoms with Gasteiger partial charge in [0.05, 0.1) is 7.11 Å². The van der Waals surface area contributed by atoms with Crippen LogP contribution in [0.2, 0.25) is 0 Å². The van der Waals surface area contributed by atoms with Crippen molar-refractivity contribution in [2.45, 2.75) is 25.8 Å². The Bertz CT molecular complexity index is 249. The van der Waals surface area contributed by atoms with Crippen molar-refractivity contribution in [2.75, 3.05) is 21.2 Å². The van der Waals surface area contributed by atoms with Crippen LogP contribution >= 0.6 is 0 Å². The molecule has 4 nitrogen and oxygen atoms in total. The predicted octanol–water partition coefficient (Wildman–Crippen LogP) is 1.00. The van der Waals surface area contributed by atoms with E-state index in [9.17, 15) is 4.79 Å². The molecule has 0 aromatic carbocycles. The Morgan fingerprint density at radius 1 is 1.64 bits per heavy atom. The normalized spacial score (nSPS) is 22.2. The maximum absolute atomic E-state index is 11.5. The summed E-state index contributed by atoms with van der Waals surface area (Å²) in [6, 6.07) is -0.168. The van der Waals surface area contributed by atoms with Crippen LogP contribution in [-0.2, 0) is 9.53 Å². The molecule has 80 valence electrons. The molecular weight excluding hydrogens is 180 g/mol. The minimum absolute atomic E-state index is 0.164. The van der Waals surface area contributed by atoms with E-state index in [1.165, 1.54) is 12.7 Å². The first kappa shape index (κ1) is 11.0. The highest BCUT2D eigenvalue weighted by molar-refractivity contribution is 5.76. The summed E-state index contributed by atoms with van der Waals surface area (Å²) in [4.78, 5) is 11.5. The highest BCUT2D eigenvalue weighted by Crippen LogP contribution is 2.21. The summed E-state index contributed by atoms with van der Waals surface area (Å²) in [5.74, 6) is -0.164. The number of esters is 1. The molecule has 1 rings (SSSR count). The zero-order valence-corrected chi connectivity index (χ0v) is 9.28. The summed E-state index contributed by atoms with van der Waals surface area (Å²) in [6.45, 7) is 2.07. The van der Waals surface area contributed by atoms with Gasteiger partial charge in [0.1, 0.15) is 6.04 Å². The Kier molecular flexibility index (Phi) is 3.52. The van der Waals surface area contributed by atoms with E-state index in [-0.39, 0.29) is 12.0 Å². The summed E-state index contributed by atoms with van der Waals surface area (Å²) in [6.07, 6.45) is 3.79. The second-order valence-corrected chi connectivity index (χ2v) is 3.78. The van der Waals surface area contributed by atoms with Gasteiger partial charge in [0.25, 0.3) is 0 Å². The Morgan fingerprint density at radius 2 is 2.29 bits per heavy atom. The number of allylic oxidation sites excluding steroid dienone is 1. The topological polar surface area (TPSA) is 32.8 Å². The molecule has 0 amide bonds. The molecule has 14 heavy (non-hydrogen) atoms. The van der Waals surface area contributed by atoms with E-state index in [4.69, 9.17) is 4.74 Å². The van der Waals surface area contributed by atoms with Gasteiger partial charge >= 0.3 is 5.97 Å². The number of hydrazine groups is 1. The third-order valence-electron chi connectivity index (χ3n) is 2.42. The molecule has 1 unspecified atom stereocenters. The van der Waals surface area contributed by atoms with Gasteiger partial charge in [0.15, 0.2) is 0 Å². The van der Waals surface area contributed by atoms with Crippen molar-refractivity contribution in [2.24, 2.45) is 0 Å². The van der Waals surface area contributed by atoms with Crippen LogP contribution in [-0.4, -0.2) is 43.2 Å². The van der Waals surface area contributed by atoms with E-state index < -0.39 is 0 Å². The molecule has 4 heteroatoms. The lowest BCUT2D eigenvalue weighted by molar-refractivity contribution is -0.151. The van der Waals surface area contributed by atoms with Gasteiger partial charge in [-0.2, -0.15) is 0 Å². The van der Waals surface area contributed by atoms with Gasteiger partial charge < -0.3 is 4.74 Å². The second-order valence-electron chi connectivity index (χ2n) is 3.78. The zero-order valence-electron chi connectivity index (χ0n) is 9.28. The van der Waals surface area contributed by atoms with E-state index in [1.807, 2.05) is 30.3 Å². The SMILES string of the molecule is COC(=O)C1CCC(C)=CN1N(C)C. The Balaban J connectivity index is 2.81. The maximum Gasteiger partial charge on any atom is 0.330 e. The summed E-state index contributed by atoms with van der Waals surface area (Å²) in [7, 11) is 5.28. The average molecular weight is 198 g/mol. The molecule has 0 aliphatic carbocycles. The van der Waals surface area contributed by atoms with Crippen molar-refractivity contribution in [3.05, 3.63) is 11.8 Å². The summed E-state index contributed by atoms with van der Waals surface area (Å²) >= 11 is 0. The van der Waals surface area contributed by atoms with Crippen molar-refractivity contribution in [1.82, 2.24) is 10.0 Å². The summed E-state index contributed by atoms with van der Waals surface area (Å²) in [5.41, 5.74) is 1.29. The van der Waals surface area contributed by atoms with Gasteiger partial charge in [-0.15, -0.1) is 0 Å². The fraction of sp³-hybridized carbons (Fsp3) is 0.700. The first-order valence-corrected chi connectivity index (χ1v) is 4.77. The van der Waals surface area contributed by atoms with Gasteiger partial charge in [-0.1, -0.05) is 5.57 Å². The van der Waals surface area contributed by atoms with Crippen LogP contribution in [0, 0.1) is 0 Å². The first-order valence-electron chi connectivity index (χ1n) is 4.77. The number of ether oxygens (including phenoxy) is 1. The standard InChI is InChI=1S/C10H18N2O2/c1-8-5-6-9(10(13)14-4)12(7-8)11(2)3/h7,9H,5-6H2,1-4H3. The van der Waals surface area contributed by atoms with Gasteiger partial charge in [-0.3, -0.25) is 5.01 Å². The molecule has 0 radical (unpaired) electrons. The Hall–Kier alpha value is -1.03. The second kappa shape index (κ2) is 4.46. The Labute approximate surface area is 85.1 Å². The van der Waals surface area contributed by atoms with Crippen molar-refractivity contribution >= 4 is 5.97 Å². The minimum atomic E-state index is -0.168. The van der Waals surface area contributed by atoms with Crippen molar-refractivity contribution in [1.29, 1.82) is 0 Å². The molecule has 0 N–H and O–H groups in total. The van der Waals surface area contributed by atoms with Crippen molar-refractivity contribution < 1.29 is 9.53 Å². The lowest BCUT2D eigenvalue weighted by Gasteiger charge is -2.37. The van der Waals surface area contributed by atoms with Gasteiger partial charge in [-0.05, 0) is 19.8 Å². The molecule has 0 aromatic heterocycles. The predicted molar refractivity (Wildman–Crippen MR) is 54.3 cm³/mol. The van der Waals surface area contributed by atoms with E-state index in [0.717, 1.165) is 12.8 Å². The highest BCUT2D eigenvalue weighted by Gasteiger charge is 2.28. The van der Waals surface area contributed by atoms with Crippen LogP contribution in [0.5, 0.6) is 0 Å². The maximum atomic E-state index is 11.5. The number of rotatable bonds is 2. The molecule has 1 heterocycles. The van der Waals surface area contributed by atoms with Crippen LogP contribution in [0.25, 0.3) is 0 Å². The monoisotopic (exact) mass is 198 g/mol. The number of hydrogen-bond acceptors (Lipinski definition) is 4. The number of hydrogen-bond donors (Lipinski definition) is 0. The summed E-state index contributed by atoms with van der Waals surface area (Å²) < 4.78 is 4.77. The number of carbonyl (C=O) groups is 1. The molecular formula is C10H18N2O2. The molecule has 0 spiro atoms. The van der Waals surface area contributed by atoms with E-state index in [0.29, 0.717) is 0 Å². The zero-order chi connectivity index (χ0) is 10.7. The fourth-order valence-corrected chi connectivity index (χ4v) is 1.63. The molecule has 0 saturated heterocycles. The third-order valence-corrected chi connectivity index (χ3v) is 2.42. The molecule has 1 atom stereocenters. The molecule has 1 aliphatic heterocycles. The lowest BCUT2D eigenvalue weighted by atomic mass is 10.0. The van der Waals surface area contributed by atoms with Crippen molar-refractivity contribution in [3.8, 4) is 0 Å². The largest absolute Gasteiger partial charge is 0.467 e. The molecule has 0 aromatic rings. The smallest absolute Gasteiger partial charge is 0.330 e. The van der Waals surface area contributed by atoms with Gasteiger partial charge in [0.2, 0.25) is 0 Å². The minimum Gasteiger partial charge on any atom is -0.467 e. The highest BCUT2D eigenvalue weighted by atomic mass is 16.5. The molecule has 0 saturated carbocycles. The van der Waals surface area contributed by atoms with Gasteiger partial charge in [-0.25, -0.2) is 9.80 Å². The number of methoxy groups -OCH3 is 1. The van der Waals surface area contributed by atoms with Gasteiger partial charge in [0, 0.05) is 20.3 Å². The van der Waals surface area contributed by atoms with E-state index in [1.54, 1.807) is 0 Å². The number of nitrogens with zero attached hydrogens (tertiary/aromatic N) is 2. The third kappa shape index (κ3) is 2.26. The van der Waals surface area contributed by atoms with Crippen LogP contribution in [0.15, 0.2) is 11.8 Å². The molecule has 0 fully saturated rings. The number of carbonyl (C=O) groups excluding carboxylic acids is 1.